The van der Waals surface area contributed by atoms with Gasteiger partial charge in [0.15, 0.2) is 0 Å². The van der Waals surface area contributed by atoms with Crippen LogP contribution in [0.1, 0.15) is 34.6 Å². The number of ether oxygens (including phenoxy) is 1. The molecule has 0 heterocycles. The number of hydrogen-bond acceptors (Lipinski definition) is 2. The summed E-state index contributed by atoms with van der Waals surface area (Å²) in [5, 5.41) is 0. The van der Waals surface area contributed by atoms with Gasteiger partial charge < -0.3 is 4.74 Å². The molecular formula is C11H20O2. The van der Waals surface area contributed by atoms with Crippen molar-refractivity contribution in [2.75, 3.05) is 0 Å². The standard InChI is InChI=1S/C11H20O2/c1-8(2)6-7-11(9(3)4)13-10(5)12/h6-9,11H,1-5H3/b7-6+. The van der Waals surface area contributed by atoms with E-state index in [2.05, 4.69) is 19.9 Å². The number of carbonyl (C=O) groups excluding carboxylic acids is 1. The Balaban J connectivity index is 4.18. The molecular weight excluding hydrogens is 164 g/mol. The first kappa shape index (κ1) is 12.2. The summed E-state index contributed by atoms with van der Waals surface area (Å²) in [7, 11) is 0. The van der Waals surface area contributed by atoms with Crippen molar-refractivity contribution in [1.82, 2.24) is 0 Å². The third-order valence-electron chi connectivity index (χ3n) is 1.64. The Hall–Kier alpha value is -0.790. The molecule has 13 heavy (non-hydrogen) atoms. The van der Waals surface area contributed by atoms with Crippen LogP contribution in [0.5, 0.6) is 0 Å². The second-order valence-electron chi connectivity index (χ2n) is 3.95. The maximum atomic E-state index is 10.7. The van der Waals surface area contributed by atoms with Crippen molar-refractivity contribution in [2.45, 2.75) is 40.7 Å². The zero-order chi connectivity index (χ0) is 10.4. The Labute approximate surface area is 81.0 Å². The lowest BCUT2D eigenvalue weighted by Gasteiger charge is -2.16. The minimum Gasteiger partial charge on any atom is -0.458 e. The third-order valence-corrected chi connectivity index (χ3v) is 1.64. The quantitative estimate of drug-likeness (QED) is 0.496. The van der Waals surface area contributed by atoms with Crippen LogP contribution < -0.4 is 0 Å². The summed E-state index contributed by atoms with van der Waals surface area (Å²) in [6.07, 6.45) is 3.95. The molecule has 0 aromatic carbocycles. The summed E-state index contributed by atoms with van der Waals surface area (Å²) in [5.74, 6) is 0.614. The summed E-state index contributed by atoms with van der Waals surface area (Å²) < 4.78 is 5.14. The summed E-state index contributed by atoms with van der Waals surface area (Å²) in [5.41, 5.74) is 0. The van der Waals surface area contributed by atoms with Crippen LogP contribution in [0.15, 0.2) is 12.2 Å². The van der Waals surface area contributed by atoms with Crippen molar-refractivity contribution < 1.29 is 9.53 Å². The van der Waals surface area contributed by atoms with Gasteiger partial charge in [-0.25, -0.2) is 0 Å². The van der Waals surface area contributed by atoms with E-state index in [0.717, 1.165) is 0 Å². The van der Waals surface area contributed by atoms with E-state index < -0.39 is 0 Å². The van der Waals surface area contributed by atoms with E-state index in [0.29, 0.717) is 11.8 Å². The van der Waals surface area contributed by atoms with Gasteiger partial charge in [-0.15, -0.1) is 0 Å². The van der Waals surface area contributed by atoms with Crippen LogP contribution in [0, 0.1) is 11.8 Å². The number of hydrogen-bond donors (Lipinski definition) is 0. The molecule has 0 fully saturated rings. The molecule has 0 saturated carbocycles. The molecule has 0 spiro atoms. The Morgan fingerprint density at radius 3 is 2.00 bits per heavy atom. The fourth-order valence-corrected chi connectivity index (χ4v) is 0.921. The topological polar surface area (TPSA) is 26.3 Å². The first-order valence-electron chi connectivity index (χ1n) is 4.79. The fraction of sp³-hybridized carbons (Fsp3) is 0.727. The van der Waals surface area contributed by atoms with Crippen LogP contribution in [0.2, 0.25) is 0 Å². The van der Waals surface area contributed by atoms with Gasteiger partial charge in [-0.2, -0.15) is 0 Å². The second kappa shape index (κ2) is 5.79. The lowest BCUT2D eigenvalue weighted by molar-refractivity contribution is -0.145. The molecule has 0 aromatic rings. The van der Waals surface area contributed by atoms with Gasteiger partial charge in [-0.1, -0.05) is 33.8 Å². The zero-order valence-corrected chi connectivity index (χ0v) is 9.20. The summed E-state index contributed by atoms with van der Waals surface area (Å²) in [4.78, 5) is 10.7. The Kier molecular flexibility index (Phi) is 5.44. The lowest BCUT2D eigenvalue weighted by Crippen LogP contribution is -2.19. The monoisotopic (exact) mass is 184 g/mol. The van der Waals surface area contributed by atoms with Crippen molar-refractivity contribution in [1.29, 1.82) is 0 Å². The van der Waals surface area contributed by atoms with Gasteiger partial charge in [-0.3, -0.25) is 4.79 Å². The van der Waals surface area contributed by atoms with E-state index in [4.69, 9.17) is 4.74 Å². The second-order valence-corrected chi connectivity index (χ2v) is 3.95. The smallest absolute Gasteiger partial charge is 0.303 e. The van der Waals surface area contributed by atoms with Crippen molar-refractivity contribution in [3.05, 3.63) is 12.2 Å². The molecule has 76 valence electrons. The first-order valence-corrected chi connectivity index (χ1v) is 4.79. The summed E-state index contributed by atoms with van der Waals surface area (Å²) in [6.45, 7) is 9.72. The third kappa shape index (κ3) is 6.38. The van der Waals surface area contributed by atoms with Gasteiger partial charge >= 0.3 is 5.97 Å². The van der Waals surface area contributed by atoms with Gasteiger partial charge in [0.25, 0.3) is 0 Å². The minimum atomic E-state index is -0.216. The van der Waals surface area contributed by atoms with Crippen LogP contribution >= 0.6 is 0 Å². The van der Waals surface area contributed by atoms with Gasteiger partial charge in [0.05, 0.1) is 0 Å². The highest BCUT2D eigenvalue weighted by molar-refractivity contribution is 5.66. The number of rotatable bonds is 4. The number of carbonyl (C=O) groups is 1. The molecule has 1 atom stereocenters. The minimum absolute atomic E-state index is 0.0834. The van der Waals surface area contributed by atoms with E-state index in [1.54, 1.807) is 0 Å². The number of allylic oxidation sites excluding steroid dienone is 1. The van der Waals surface area contributed by atoms with Crippen LogP contribution in [0.4, 0.5) is 0 Å². The highest BCUT2D eigenvalue weighted by Gasteiger charge is 2.12. The molecule has 0 saturated heterocycles. The molecule has 1 unspecified atom stereocenters. The molecule has 0 rings (SSSR count). The van der Waals surface area contributed by atoms with Crippen molar-refractivity contribution in [3.63, 3.8) is 0 Å². The normalized spacial score (nSPS) is 14.1. The van der Waals surface area contributed by atoms with Gasteiger partial charge in [0, 0.05) is 6.92 Å². The van der Waals surface area contributed by atoms with Crippen LogP contribution in [0.3, 0.4) is 0 Å². The number of esters is 1. The highest BCUT2D eigenvalue weighted by atomic mass is 16.5. The predicted octanol–water partition coefficient (Wildman–Crippen LogP) is 2.79. The molecule has 0 N–H and O–H groups in total. The first-order chi connectivity index (χ1) is 5.93. The van der Waals surface area contributed by atoms with Gasteiger partial charge in [0.1, 0.15) is 6.10 Å². The zero-order valence-electron chi connectivity index (χ0n) is 9.20. The average molecular weight is 184 g/mol. The molecule has 0 aliphatic rings. The van der Waals surface area contributed by atoms with Crippen LogP contribution in [0.25, 0.3) is 0 Å². The van der Waals surface area contributed by atoms with Gasteiger partial charge in [0.2, 0.25) is 0 Å². The Bertz CT molecular complexity index is 181. The summed E-state index contributed by atoms with van der Waals surface area (Å²) in [6, 6.07) is 0. The van der Waals surface area contributed by atoms with E-state index in [1.165, 1.54) is 6.92 Å². The van der Waals surface area contributed by atoms with Crippen molar-refractivity contribution in [3.8, 4) is 0 Å². The van der Waals surface area contributed by atoms with Crippen LogP contribution in [-0.4, -0.2) is 12.1 Å². The largest absolute Gasteiger partial charge is 0.458 e. The van der Waals surface area contributed by atoms with Gasteiger partial charge in [-0.05, 0) is 17.9 Å². The van der Waals surface area contributed by atoms with Crippen LogP contribution in [-0.2, 0) is 9.53 Å². The molecule has 0 aliphatic carbocycles. The van der Waals surface area contributed by atoms with Crippen molar-refractivity contribution >= 4 is 5.97 Å². The molecule has 0 amide bonds. The summed E-state index contributed by atoms with van der Waals surface area (Å²) >= 11 is 0. The van der Waals surface area contributed by atoms with E-state index in [-0.39, 0.29) is 12.1 Å². The predicted molar refractivity (Wildman–Crippen MR) is 54.4 cm³/mol. The molecule has 0 aliphatic heterocycles. The Morgan fingerprint density at radius 2 is 1.69 bits per heavy atom. The highest BCUT2D eigenvalue weighted by Crippen LogP contribution is 2.10. The van der Waals surface area contributed by atoms with E-state index in [9.17, 15) is 4.79 Å². The van der Waals surface area contributed by atoms with E-state index in [1.807, 2.05) is 19.9 Å². The molecule has 0 radical (unpaired) electrons. The molecule has 0 bridgehead atoms. The lowest BCUT2D eigenvalue weighted by atomic mass is 10.0. The molecule has 0 aromatic heterocycles. The van der Waals surface area contributed by atoms with E-state index >= 15 is 0 Å². The molecule has 2 nitrogen and oxygen atoms in total. The Morgan fingerprint density at radius 1 is 1.15 bits per heavy atom. The maximum absolute atomic E-state index is 10.7. The SMILES string of the molecule is CC(=O)OC(/C=C/C(C)C)C(C)C. The fourth-order valence-electron chi connectivity index (χ4n) is 0.921. The molecule has 2 heteroatoms. The maximum Gasteiger partial charge on any atom is 0.303 e. The van der Waals surface area contributed by atoms with Crippen molar-refractivity contribution in [2.24, 2.45) is 11.8 Å². The average Bonchev–Trinajstić information content (AvgIpc) is 1.96.